The van der Waals surface area contributed by atoms with Gasteiger partial charge in [0.2, 0.25) is 0 Å². The molecule has 1 aliphatic heterocycles. The zero-order valence-corrected chi connectivity index (χ0v) is 12.2. The van der Waals surface area contributed by atoms with Crippen molar-refractivity contribution in [1.82, 2.24) is 4.90 Å². The molecule has 4 heteroatoms. The maximum Gasteiger partial charge on any atom is 0.147 e. The molecule has 1 aromatic rings. The Bertz CT molecular complexity index is 411. The van der Waals surface area contributed by atoms with Gasteiger partial charge in [0.15, 0.2) is 0 Å². The molecule has 1 saturated heterocycles. The Hall–Kier alpha value is -0.120. The van der Waals surface area contributed by atoms with Crippen LogP contribution < -0.4 is 0 Å². The minimum absolute atomic E-state index is 0.187. The Kier molecular flexibility index (Phi) is 4.45. The molecule has 17 heavy (non-hydrogen) atoms. The molecule has 0 amide bonds. The van der Waals surface area contributed by atoms with Crippen molar-refractivity contribution in [1.29, 1.82) is 0 Å². The third kappa shape index (κ3) is 3.01. The molecule has 1 atom stereocenters. The molecule has 0 radical (unpaired) electrons. The first-order valence-corrected chi connectivity index (χ1v) is 7.13. The highest BCUT2D eigenvalue weighted by molar-refractivity contribution is 9.10. The van der Waals surface area contributed by atoms with Gasteiger partial charge in [0, 0.05) is 22.6 Å². The van der Waals surface area contributed by atoms with Crippen molar-refractivity contribution in [3.63, 3.8) is 0 Å². The van der Waals surface area contributed by atoms with Crippen molar-refractivity contribution in [2.75, 3.05) is 6.54 Å². The fourth-order valence-corrected chi connectivity index (χ4v) is 2.79. The molecule has 0 aromatic heterocycles. The van der Waals surface area contributed by atoms with E-state index in [0.29, 0.717) is 22.6 Å². The van der Waals surface area contributed by atoms with Crippen LogP contribution in [0.25, 0.3) is 0 Å². The first-order chi connectivity index (χ1) is 8.09. The van der Waals surface area contributed by atoms with Gasteiger partial charge in [0.1, 0.15) is 5.82 Å². The van der Waals surface area contributed by atoms with Gasteiger partial charge in [0.05, 0.1) is 5.02 Å². The van der Waals surface area contributed by atoms with Crippen molar-refractivity contribution < 1.29 is 4.39 Å². The summed E-state index contributed by atoms with van der Waals surface area (Å²) in [4.78, 5) is 2.33. The van der Waals surface area contributed by atoms with Gasteiger partial charge in [-0.25, -0.2) is 4.39 Å². The van der Waals surface area contributed by atoms with E-state index in [1.807, 2.05) is 12.1 Å². The highest BCUT2D eigenvalue weighted by atomic mass is 79.9. The summed E-state index contributed by atoms with van der Waals surface area (Å²) in [5.74, 6) is -0.293. The number of likely N-dealkylation sites (tertiary alicyclic amines) is 1. The third-order valence-electron chi connectivity index (χ3n) is 3.43. The molecule has 1 fully saturated rings. The molecule has 0 aliphatic carbocycles. The van der Waals surface area contributed by atoms with Crippen LogP contribution in [-0.4, -0.2) is 17.5 Å². The van der Waals surface area contributed by atoms with E-state index in [1.165, 1.54) is 19.3 Å². The molecule has 94 valence electrons. The molecule has 0 saturated carbocycles. The van der Waals surface area contributed by atoms with Crippen molar-refractivity contribution in [2.45, 2.75) is 38.8 Å². The van der Waals surface area contributed by atoms with Gasteiger partial charge >= 0.3 is 0 Å². The van der Waals surface area contributed by atoms with E-state index in [0.717, 1.165) is 6.54 Å². The molecular formula is C13H16BrClFN. The monoisotopic (exact) mass is 319 g/mol. The number of nitrogens with zero attached hydrogens (tertiary/aromatic N) is 1. The molecule has 2 rings (SSSR count). The molecule has 0 N–H and O–H groups in total. The van der Waals surface area contributed by atoms with E-state index in [9.17, 15) is 4.39 Å². The predicted molar refractivity (Wildman–Crippen MR) is 72.8 cm³/mol. The Morgan fingerprint density at radius 1 is 1.47 bits per heavy atom. The number of piperidine rings is 1. The summed E-state index contributed by atoms with van der Waals surface area (Å²) >= 11 is 9.13. The van der Waals surface area contributed by atoms with E-state index >= 15 is 0 Å². The summed E-state index contributed by atoms with van der Waals surface area (Å²) in [7, 11) is 0. The maximum absolute atomic E-state index is 14.0. The van der Waals surface area contributed by atoms with E-state index in [2.05, 4.69) is 27.8 Å². The number of hydrogen-bond acceptors (Lipinski definition) is 1. The van der Waals surface area contributed by atoms with Crippen LogP contribution in [0.3, 0.4) is 0 Å². The molecule has 1 unspecified atom stereocenters. The SMILES string of the molecule is CC1CCCCN1Cc1ccc(Br)c(Cl)c1F. The van der Waals surface area contributed by atoms with Gasteiger partial charge in [-0.05, 0) is 48.3 Å². The minimum atomic E-state index is -0.293. The number of halogens is 3. The second-order valence-corrected chi connectivity index (χ2v) is 5.88. The van der Waals surface area contributed by atoms with Crippen molar-refractivity contribution in [3.05, 3.63) is 33.0 Å². The van der Waals surface area contributed by atoms with Crippen LogP contribution in [0.5, 0.6) is 0 Å². The summed E-state index contributed by atoms with van der Waals surface area (Å²) < 4.78 is 14.6. The van der Waals surface area contributed by atoms with Crippen LogP contribution >= 0.6 is 27.5 Å². The lowest BCUT2D eigenvalue weighted by Gasteiger charge is -2.33. The van der Waals surface area contributed by atoms with Crippen LogP contribution in [0.1, 0.15) is 31.7 Å². The third-order valence-corrected chi connectivity index (χ3v) is 4.69. The maximum atomic E-state index is 14.0. The Morgan fingerprint density at radius 3 is 2.94 bits per heavy atom. The van der Waals surface area contributed by atoms with Crippen molar-refractivity contribution >= 4 is 27.5 Å². The van der Waals surface area contributed by atoms with Crippen molar-refractivity contribution in [2.24, 2.45) is 0 Å². The molecule has 1 heterocycles. The first-order valence-electron chi connectivity index (χ1n) is 5.96. The van der Waals surface area contributed by atoms with Crippen molar-refractivity contribution in [3.8, 4) is 0 Å². The highest BCUT2D eigenvalue weighted by Gasteiger charge is 2.20. The smallest absolute Gasteiger partial charge is 0.147 e. The Balaban J connectivity index is 2.15. The molecular weight excluding hydrogens is 305 g/mol. The predicted octanol–water partition coefficient (Wildman–Crippen LogP) is 4.62. The van der Waals surface area contributed by atoms with Crippen LogP contribution in [-0.2, 0) is 6.54 Å². The van der Waals surface area contributed by atoms with Gasteiger partial charge in [0.25, 0.3) is 0 Å². The van der Waals surface area contributed by atoms with Gasteiger partial charge in [-0.1, -0.05) is 24.1 Å². The lowest BCUT2D eigenvalue weighted by atomic mass is 10.0. The fraction of sp³-hybridized carbons (Fsp3) is 0.538. The number of hydrogen-bond donors (Lipinski definition) is 0. The first kappa shape index (κ1) is 13.3. The molecule has 0 spiro atoms. The van der Waals surface area contributed by atoms with Gasteiger partial charge < -0.3 is 0 Å². The Labute approximate surface area is 115 Å². The summed E-state index contributed by atoms with van der Waals surface area (Å²) in [5.41, 5.74) is 0.687. The quantitative estimate of drug-likeness (QED) is 0.719. The molecule has 1 aromatic carbocycles. The normalized spacial score (nSPS) is 21.8. The number of rotatable bonds is 2. The van der Waals surface area contributed by atoms with E-state index in [4.69, 9.17) is 11.6 Å². The minimum Gasteiger partial charge on any atom is -0.296 e. The van der Waals surface area contributed by atoms with Crippen LogP contribution in [0.2, 0.25) is 5.02 Å². The average molecular weight is 321 g/mol. The molecule has 1 aliphatic rings. The fourth-order valence-electron chi connectivity index (χ4n) is 2.30. The summed E-state index contributed by atoms with van der Waals surface area (Å²) in [6.07, 6.45) is 3.68. The van der Waals surface area contributed by atoms with Gasteiger partial charge in [-0.3, -0.25) is 4.90 Å². The summed E-state index contributed by atoms with van der Waals surface area (Å²) in [6, 6.07) is 4.16. The van der Waals surface area contributed by atoms with E-state index in [-0.39, 0.29) is 10.8 Å². The number of benzene rings is 1. The highest BCUT2D eigenvalue weighted by Crippen LogP contribution is 2.29. The van der Waals surface area contributed by atoms with E-state index in [1.54, 1.807) is 0 Å². The molecule has 1 nitrogen and oxygen atoms in total. The summed E-state index contributed by atoms with van der Waals surface area (Å²) in [5, 5.41) is 0.187. The lowest BCUT2D eigenvalue weighted by molar-refractivity contribution is 0.151. The average Bonchev–Trinajstić information content (AvgIpc) is 2.32. The second kappa shape index (κ2) is 5.68. The molecule has 0 bridgehead atoms. The van der Waals surface area contributed by atoms with Crippen LogP contribution in [0.4, 0.5) is 4.39 Å². The zero-order valence-electron chi connectivity index (χ0n) is 9.85. The lowest BCUT2D eigenvalue weighted by Crippen LogP contribution is -2.36. The topological polar surface area (TPSA) is 3.24 Å². The standard InChI is InChI=1S/C13H16BrClFN/c1-9-4-2-3-7-17(9)8-10-5-6-11(14)12(15)13(10)16/h5-6,9H,2-4,7-8H2,1H3. The summed E-state index contributed by atoms with van der Waals surface area (Å²) in [6.45, 7) is 3.91. The second-order valence-electron chi connectivity index (χ2n) is 4.65. The van der Waals surface area contributed by atoms with E-state index < -0.39 is 0 Å². The largest absolute Gasteiger partial charge is 0.296 e. The van der Waals surface area contributed by atoms with Crippen LogP contribution in [0.15, 0.2) is 16.6 Å². The zero-order chi connectivity index (χ0) is 12.4. The van der Waals surface area contributed by atoms with Gasteiger partial charge in [-0.15, -0.1) is 0 Å². The van der Waals surface area contributed by atoms with Gasteiger partial charge in [-0.2, -0.15) is 0 Å². The Morgan fingerprint density at radius 2 is 2.24 bits per heavy atom. The van der Waals surface area contributed by atoms with Crippen LogP contribution in [0, 0.1) is 5.82 Å².